The lowest BCUT2D eigenvalue weighted by atomic mass is 9.89. The second-order valence-electron chi connectivity index (χ2n) is 7.23. The van der Waals surface area contributed by atoms with Gasteiger partial charge in [-0.25, -0.2) is 0 Å². The van der Waals surface area contributed by atoms with Gasteiger partial charge in [-0.15, -0.1) is 0 Å². The number of likely N-dealkylation sites (tertiary alicyclic amines) is 1. The van der Waals surface area contributed by atoms with E-state index in [0.717, 1.165) is 53.9 Å². The molecule has 2 aromatic rings. The van der Waals surface area contributed by atoms with Crippen molar-refractivity contribution in [1.82, 2.24) is 4.90 Å². The molecule has 1 saturated carbocycles. The van der Waals surface area contributed by atoms with E-state index in [4.69, 9.17) is 5.73 Å². The molecule has 0 radical (unpaired) electrons. The van der Waals surface area contributed by atoms with E-state index in [1.54, 1.807) is 0 Å². The molecule has 0 bridgehead atoms. The number of nitrogens with two attached hydrogens (primary N) is 1. The van der Waals surface area contributed by atoms with Gasteiger partial charge in [-0.2, -0.15) is 0 Å². The average Bonchev–Trinajstić information content (AvgIpc) is 3.38. The number of anilines is 1. The molecule has 0 amide bonds. The van der Waals surface area contributed by atoms with E-state index in [0.29, 0.717) is 5.78 Å². The van der Waals surface area contributed by atoms with Crippen LogP contribution in [0.2, 0.25) is 0 Å². The summed E-state index contributed by atoms with van der Waals surface area (Å²) in [6.07, 6.45) is 4.93. The zero-order valence-electron chi connectivity index (χ0n) is 13.5. The van der Waals surface area contributed by atoms with Crippen LogP contribution in [0.1, 0.15) is 36.0 Å². The summed E-state index contributed by atoms with van der Waals surface area (Å²) >= 11 is 0. The quantitative estimate of drug-likeness (QED) is 0.691. The van der Waals surface area contributed by atoms with E-state index in [1.165, 1.54) is 19.4 Å². The van der Waals surface area contributed by atoms with Crippen LogP contribution in [-0.4, -0.2) is 30.3 Å². The standard InChI is InChI=1S/C20H24N2O/c21-19-8-7-15-10-17(6-5-16(15)11-19)20(23)18-2-1-9-22(13-18)12-14-3-4-14/h5-8,10-11,14,18H,1-4,9,12-13,21H2. The van der Waals surface area contributed by atoms with Gasteiger partial charge in [-0.05, 0) is 67.1 Å². The van der Waals surface area contributed by atoms with Gasteiger partial charge in [0.2, 0.25) is 0 Å². The summed E-state index contributed by atoms with van der Waals surface area (Å²) in [4.78, 5) is 15.4. The van der Waals surface area contributed by atoms with E-state index in [-0.39, 0.29) is 5.92 Å². The summed E-state index contributed by atoms with van der Waals surface area (Å²) in [5.41, 5.74) is 7.44. The van der Waals surface area contributed by atoms with Crippen molar-refractivity contribution in [2.24, 2.45) is 11.8 Å². The van der Waals surface area contributed by atoms with Crippen LogP contribution >= 0.6 is 0 Å². The van der Waals surface area contributed by atoms with Gasteiger partial charge >= 0.3 is 0 Å². The van der Waals surface area contributed by atoms with E-state index in [1.807, 2.05) is 36.4 Å². The summed E-state index contributed by atoms with van der Waals surface area (Å²) in [5, 5.41) is 2.19. The van der Waals surface area contributed by atoms with Crippen molar-refractivity contribution < 1.29 is 4.79 Å². The second kappa shape index (κ2) is 5.97. The van der Waals surface area contributed by atoms with Gasteiger partial charge in [-0.1, -0.05) is 18.2 Å². The molecule has 1 saturated heterocycles. The van der Waals surface area contributed by atoms with Gasteiger partial charge in [-0.3, -0.25) is 4.79 Å². The van der Waals surface area contributed by atoms with Crippen molar-refractivity contribution in [3.63, 3.8) is 0 Å². The number of rotatable bonds is 4. The largest absolute Gasteiger partial charge is 0.399 e. The van der Waals surface area contributed by atoms with Gasteiger partial charge in [0.1, 0.15) is 0 Å². The number of nitrogens with zero attached hydrogens (tertiary/aromatic N) is 1. The van der Waals surface area contributed by atoms with Gasteiger partial charge in [0.25, 0.3) is 0 Å². The first-order valence-electron chi connectivity index (χ1n) is 8.75. The Labute approximate surface area is 137 Å². The van der Waals surface area contributed by atoms with E-state index in [2.05, 4.69) is 4.90 Å². The van der Waals surface area contributed by atoms with Crippen LogP contribution in [0.25, 0.3) is 10.8 Å². The van der Waals surface area contributed by atoms with Gasteiger partial charge in [0.05, 0.1) is 0 Å². The molecule has 2 aromatic carbocycles. The number of benzene rings is 2. The third-order valence-corrected chi connectivity index (χ3v) is 5.24. The number of hydrogen-bond donors (Lipinski definition) is 1. The Kier molecular flexibility index (Phi) is 3.82. The summed E-state index contributed by atoms with van der Waals surface area (Å²) in [6.45, 7) is 3.30. The Morgan fingerprint density at radius 3 is 2.70 bits per heavy atom. The molecule has 1 atom stereocenters. The summed E-state index contributed by atoms with van der Waals surface area (Å²) in [5.74, 6) is 1.37. The first-order valence-corrected chi connectivity index (χ1v) is 8.75. The molecule has 0 aromatic heterocycles. The predicted molar refractivity (Wildman–Crippen MR) is 94.6 cm³/mol. The average molecular weight is 308 g/mol. The molecule has 1 aliphatic carbocycles. The normalized spacial score (nSPS) is 22.3. The summed E-state index contributed by atoms with van der Waals surface area (Å²) in [7, 11) is 0. The number of carbonyl (C=O) groups excluding carboxylic acids is 1. The molecule has 1 unspecified atom stereocenters. The van der Waals surface area contributed by atoms with Crippen molar-refractivity contribution in [1.29, 1.82) is 0 Å². The van der Waals surface area contributed by atoms with Crippen LogP contribution in [0.5, 0.6) is 0 Å². The smallest absolute Gasteiger partial charge is 0.167 e. The molecule has 3 nitrogen and oxygen atoms in total. The zero-order valence-corrected chi connectivity index (χ0v) is 13.5. The van der Waals surface area contributed by atoms with Crippen LogP contribution < -0.4 is 5.73 Å². The Morgan fingerprint density at radius 1 is 1.09 bits per heavy atom. The molecular formula is C20H24N2O. The van der Waals surface area contributed by atoms with Crippen molar-refractivity contribution in [2.75, 3.05) is 25.4 Å². The molecule has 120 valence electrons. The van der Waals surface area contributed by atoms with Crippen molar-refractivity contribution in [3.05, 3.63) is 42.0 Å². The maximum absolute atomic E-state index is 12.9. The minimum atomic E-state index is 0.161. The number of fused-ring (bicyclic) bond motifs is 1. The first kappa shape index (κ1) is 14.7. The molecule has 1 aliphatic heterocycles. The number of nitrogen functional groups attached to an aromatic ring is 1. The number of piperidine rings is 1. The molecule has 1 heterocycles. The second-order valence-corrected chi connectivity index (χ2v) is 7.23. The molecule has 0 spiro atoms. The monoisotopic (exact) mass is 308 g/mol. The number of ketones is 1. The van der Waals surface area contributed by atoms with Crippen LogP contribution in [0.15, 0.2) is 36.4 Å². The SMILES string of the molecule is Nc1ccc2cc(C(=O)C3CCCN(CC4CC4)C3)ccc2c1. The molecular weight excluding hydrogens is 284 g/mol. The number of hydrogen-bond acceptors (Lipinski definition) is 3. The number of carbonyl (C=O) groups is 1. The fourth-order valence-corrected chi connectivity index (χ4v) is 3.75. The third-order valence-electron chi connectivity index (χ3n) is 5.24. The minimum Gasteiger partial charge on any atom is -0.399 e. The Balaban J connectivity index is 1.52. The maximum Gasteiger partial charge on any atom is 0.167 e. The van der Waals surface area contributed by atoms with E-state index < -0.39 is 0 Å². The highest BCUT2D eigenvalue weighted by Gasteiger charge is 2.30. The predicted octanol–water partition coefficient (Wildman–Crippen LogP) is 3.73. The van der Waals surface area contributed by atoms with Crippen molar-refractivity contribution in [2.45, 2.75) is 25.7 Å². The lowest BCUT2D eigenvalue weighted by Crippen LogP contribution is -2.39. The van der Waals surface area contributed by atoms with Gasteiger partial charge in [0.15, 0.2) is 5.78 Å². The molecule has 2 N–H and O–H groups in total. The lowest BCUT2D eigenvalue weighted by molar-refractivity contribution is 0.0815. The van der Waals surface area contributed by atoms with Crippen LogP contribution in [0.3, 0.4) is 0 Å². The maximum atomic E-state index is 12.9. The first-order chi connectivity index (χ1) is 11.2. The topological polar surface area (TPSA) is 46.3 Å². The van der Waals surface area contributed by atoms with Crippen LogP contribution in [0.4, 0.5) is 5.69 Å². The summed E-state index contributed by atoms with van der Waals surface area (Å²) < 4.78 is 0. The highest BCUT2D eigenvalue weighted by molar-refractivity contribution is 6.01. The van der Waals surface area contributed by atoms with E-state index >= 15 is 0 Å². The van der Waals surface area contributed by atoms with Gasteiger partial charge in [0, 0.05) is 30.3 Å². The van der Waals surface area contributed by atoms with Crippen LogP contribution in [-0.2, 0) is 0 Å². The van der Waals surface area contributed by atoms with Gasteiger partial charge < -0.3 is 10.6 Å². The van der Waals surface area contributed by atoms with E-state index in [9.17, 15) is 4.79 Å². The summed E-state index contributed by atoms with van der Waals surface area (Å²) in [6, 6.07) is 11.9. The third kappa shape index (κ3) is 3.25. The van der Waals surface area contributed by atoms with Crippen molar-refractivity contribution >= 4 is 22.2 Å². The minimum absolute atomic E-state index is 0.161. The van der Waals surface area contributed by atoms with Crippen molar-refractivity contribution in [3.8, 4) is 0 Å². The fraction of sp³-hybridized carbons (Fsp3) is 0.450. The Hall–Kier alpha value is -1.87. The lowest BCUT2D eigenvalue weighted by Gasteiger charge is -2.32. The molecule has 2 fully saturated rings. The number of Topliss-reactive ketones (excluding diaryl/α,β-unsaturated/α-hetero) is 1. The highest BCUT2D eigenvalue weighted by Crippen LogP contribution is 2.32. The molecule has 4 rings (SSSR count). The fourth-order valence-electron chi connectivity index (χ4n) is 3.75. The Bertz CT molecular complexity index is 735. The molecule has 2 aliphatic rings. The van der Waals surface area contributed by atoms with Crippen LogP contribution in [0, 0.1) is 11.8 Å². The Morgan fingerprint density at radius 2 is 1.87 bits per heavy atom. The highest BCUT2D eigenvalue weighted by atomic mass is 16.1. The molecule has 23 heavy (non-hydrogen) atoms. The zero-order chi connectivity index (χ0) is 15.8. The molecule has 3 heteroatoms.